The molecule has 1 aromatic heterocycles. The predicted molar refractivity (Wildman–Crippen MR) is 50.4 cm³/mol. The minimum atomic E-state index is 0.707. The molecule has 0 N–H and O–H groups in total. The summed E-state index contributed by atoms with van der Waals surface area (Å²) in [4.78, 5) is 1.62. The third kappa shape index (κ3) is 1.48. The Morgan fingerprint density at radius 3 is 2.64 bits per heavy atom. The summed E-state index contributed by atoms with van der Waals surface area (Å²) in [5.74, 6) is 1.64. The van der Waals surface area contributed by atoms with Gasteiger partial charge in [0.25, 0.3) is 0 Å². The second-order valence-corrected chi connectivity index (χ2v) is 4.65. The average Bonchev–Trinajstić information content (AvgIpc) is 2.68. The second-order valence-electron chi connectivity index (χ2n) is 3.71. The van der Waals surface area contributed by atoms with Gasteiger partial charge in [0, 0.05) is 4.88 Å². The third-order valence-electron chi connectivity index (χ3n) is 2.29. The Labute approximate surface area is 72.3 Å². The molecule has 0 spiro atoms. The summed E-state index contributed by atoms with van der Waals surface area (Å²) in [7, 11) is 0. The van der Waals surface area contributed by atoms with E-state index in [9.17, 15) is 0 Å². The fourth-order valence-electron chi connectivity index (χ4n) is 1.25. The number of hydrogen-bond acceptors (Lipinski definition) is 1. The van der Waals surface area contributed by atoms with Crippen LogP contribution in [-0.2, 0) is 0 Å². The van der Waals surface area contributed by atoms with Gasteiger partial charge in [0.2, 0.25) is 0 Å². The molecule has 0 aromatic carbocycles. The Morgan fingerprint density at radius 2 is 2.18 bits per heavy atom. The van der Waals surface area contributed by atoms with E-state index in [0.717, 1.165) is 5.92 Å². The highest BCUT2D eigenvalue weighted by Gasteiger charge is 2.25. The Hall–Kier alpha value is -0.300. The minimum Gasteiger partial charge on any atom is -0.148 e. The summed E-state index contributed by atoms with van der Waals surface area (Å²) >= 11 is 1.95. The molecule has 1 heteroatoms. The Bertz CT molecular complexity index is 227. The molecule has 1 heterocycles. The SMILES string of the molecule is CC(C)c1csc(C2CC2)c1. The van der Waals surface area contributed by atoms with Crippen LogP contribution in [0.2, 0.25) is 0 Å². The van der Waals surface area contributed by atoms with Crippen molar-refractivity contribution in [1.29, 1.82) is 0 Å². The van der Waals surface area contributed by atoms with Gasteiger partial charge >= 0.3 is 0 Å². The van der Waals surface area contributed by atoms with Crippen LogP contribution in [0.25, 0.3) is 0 Å². The fraction of sp³-hybridized carbons (Fsp3) is 0.600. The van der Waals surface area contributed by atoms with Crippen molar-refractivity contribution in [2.45, 2.75) is 38.5 Å². The molecule has 1 aliphatic rings. The molecule has 0 saturated heterocycles. The van der Waals surface area contributed by atoms with Crippen LogP contribution < -0.4 is 0 Å². The molecule has 1 aromatic rings. The van der Waals surface area contributed by atoms with Gasteiger partial charge < -0.3 is 0 Å². The van der Waals surface area contributed by atoms with Gasteiger partial charge in [0.1, 0.15) is 0 Å². The number of rotatable bonds is 2. The lowest BCUT2D eigenvalue weighted by molar-refractivity contribution is 0.870. The third-order valence-corrected chi connectivity index (χ3v) is 3.40. The molecule has 1 aliphatic carbocycles. The summed E-state index contributed by atoms with van der Waals surface area (Å²) in [6.45, 7) is 4.53. The Morgan fingerprint density at radius 1 is 1.45 bits per heavy atom. The van der Waals surface area contributed by atoms with Crippen LogP contribution >= 0.6 is 11.3 Å². The summed E-state index contributed by atoms with van der Waals surface area (Å²) in [5.41, 5.74) is 1.52. The summed E-state index contributed by atoms with van der Waals surface area (Å²) in [5, 5.41) is 2.32. The maximum Gasteiger partial charge on any atom is 0.00791 e. The van der Waals surface area contributed by atoms with Crippen molar-refractivity contribution in [3.05, 3.63) is 21.9 Å². The van der Waals surface area contributed by atoms with Crippen LogP contribution in [0.4, 0.5) is 0 Å². The molecule has 1 fully saturated rings. The van der Waals surface area contributed by atoms with E-state index in [2.05, 4.69) is 25.3 Å². The fourth-order valence-corrected chi connectivity index (χ4v) is 2.50. The van der Waals surface area contributed by atoms with E-state index < -0.39 is 0 Å². The summed E-state index contributed by atoms with van der Waals surface area (Å²) in [6.07, 6.45) is 2.86. The van der Waals surface area contributed by atoms with Gasteiger partial charge in [-0.3, -0.25) is 0 Å². The average molecular weight is 166 g/mol. The van der Waals surface area contributed by atoms with Crippen molar-refractivity contribution in [2.24, 2.45) is 0 Å². The van der Waals surface area contributed by atoms with E-state index in [0.29, 0.717) is 5.92 Å². The van der Waals surface area contributed by atoms with Crippen molar-refractivity contribution in [2.75, 3.05) is 0 Å². The van der Waals surface area contributed by atoms with Crippen LogP contribution in [-0.4, -0.2) is 0 Å². The quantitative estimate of drug-likeness (QED) is 0.627. The van der Waals surface area contributed by atoms with Crippen molar-refractivity contribution in [1.82, 2.24) is 0 Å². The van der Waals surface area contributed by atoms with Gasteiger partial charge in [-0.1, -0.05) is 13.8 Å². The molecule has 2 rings (SSSR count). The summed E-state index contributed by atoms with van der Waals surface area (Å²) in [6, 6.07) is 2.40. The molecule has 0 amide bonds. The number of hydrogen-bond donors (Lipinski definition) is 0. The van der Waals surface area contributed by atoms with Crippen LogP contribution in [0.5, 0.6) is 0 Å². The molecule has 0 bridgehead atoms. The van der Waals surface area contributed by atoms with Gasteiger partial charge in [0.15, 0.2) is 0 Å². The number of thiophene rings is 1. The van der Waals surface area contributed by atoms with Gasteiger partial charge in [-0.05, 0) is 41.7 Å². The van der Waals surface area contributed by atoms with Crippen LogP contribution in [0, 0.1) is 0 Å². The standard InChI is InChI=1S/C10H14S/c1-7(2)9-5-10(11-6-9)8-3-4-8/h5-8H,3-4H2,1-2H3. The molecule has 1 saturated carbocycles. The lowest BCUT2D eigenvalue weighted by Gasteiger charge is -1.97. The Kier molecular flexibility index (Phi) is 1.76. The smallest absolute Gasteiger partial charge is 0.00791 e. The van der Waals surface area contributed by atoms with Crippen molar-refractivity contribution >= 4 is 11.3 Å². The monoisotopic (exact) mass is 166 g/mol. The molecule has 0 nitrogen and oxygen atoms in total. The molecule has 0 unspecified atom stereocenters. The second kappa shape index (κ2) is 2.63. The normalized spacial score (nSPS) is 17.7. The summed E-state index contributed by atoms with van der Waals surface area (Å²) < 4.78 is 0. The van der Waals surface area contributed by atoms with E-state index in [-0.39, 0.29) is 0 Å². The van der Waals surface area contributed by atoms with Crippen molar-refractivity contribution < 1.29 is 0 Å². The molecule has 60 valence electrons. The maximum atomic E-state index is 2.40. The Balaban J connectivity index is 2.18. The molecule has 0 aliphatic heterocycles. The van der Waals surface area contributed by atoms with Gasteiger partial charge in [-0.25, -0.2) is 0 Å². The predicted octanol–water partition coefficient (Wildman–Crippen LogP) is 3.75. The highest BCUT2D eigenvalue weighted by Crippen LogP contribution is 2.43. The first kappa shape index (κ1) is 7.35. The van der Waals surface area contributed by atoms with E-state index in [1.165, 1.54) is 18.4 Å². The molecule has 11 heavy (non-hydrogen) atoms. The highest BCUT2D eigenvalue weighted by molar-refractivity contribution is 7.10. The van der Waals surface area contributed by atoms with E-state index in [1.807, 2.05) is 11.3 Å². The van der Waals surface area contributed by atoms with Gasteiger partial charge in [-0.15, -0.1) is 11.3 Å². The maximum absolute atomic E-state index is 2.40. The van der Waals surface area contributed by atoms with E-state index in [1.54, 1.807) is 4.88 Å². The zero-order valence-electron chi connectivity index (χ0n) is 7.13. The van der Waals surface area contributed by atoms with Crippen molar-refractivity contribution in [3.8, 4) is 0 Å². The van der Waals surface area contributed by atoms with E-state index in [4.69, 9.17) is 0 Å². The highest BCUT2D eigenvalue weighted by atomic mass is 32.1. The lowest BCUT2D eigenvalue weighted by atomic mass is 10.1. The zero-order chi connectivity index (χ0) is 7.84. The van der Waals surface area contributed by atoms with Crippen molar-refractivity contribution in [3.63, 3.8) is 0 Å². The van der Waals surface area contributed by atoms with Crippen LogP contribution in [0.15, 0.2) is 11.4 Å². The van der Waals surface area contributed by atoms with E-state index >= 15 is 0 Å². The molecule has 0 atom stereocenters. The topological polar surface area (TPSA) is 0 Å². The van der Waals surface area contributed by atoms with Crippen LogP contribution in [0.3, 0.4) is 0 Å². The molecule has 0 radical (unpaired) electrons. The van der Waals surface area contributed by atoms with Gasteiger partial charge in [0.05, 0.1) is 0 Å². The first-order chi connectivity index (χ1) is 5.27. The first-order valence-electron chi connectivity index (χ1n) is 4.35. The molecular weight excluding hydrogens is 152 g/mol. The van der Waals surface area contributed by atoms with Crippen LogP contribution in [0.1, 0.15) is 49.0 Å². The lowest BCUT2D eigenvalue weighted by Crippen LogP contribution is -1.80. The zero-order valence-corrected chi connectivity index (χ0v) is 7.95. The largest absolute Gasteiger partial charge is 0.148 e. The molecular formula is C10H14S. The minimum absolute atomic E-state index is 0.707. The van der Waals surface area contributed by atoms with Gasteiger partial charge in [-0.2, -0.15) is 0 Å². The first-order valence-corrected chi connectivity index (χ1v) is 5.23.